The molecule has 1 unspecified atom stereocenters. The largest absolute Gasteiger partial charge is 0.361 e. The van der Waals surface area contributed by atoms with E-state index in [1.54, 1.807) is 6.33 Å². The molecule has 1 aliphatic heterocycles. The molecule has 8 heteroatoms. The molecule has 0 radical (unpaired) electrons. The van der Waals surface area contributed by atoms with Gasteiger partial charge in [-0.15, -0.1) is 0 Å². The van der Waals surface area contributed by atoms with Crippen LogP contribution in [0.25, 0.3) is 0 Å². The number of aryl methyl sites for hydroxylation is 3. The van der Waals surface area contributed by atoms with Crippen LogP contribution >= 0.6 is 0 Å². The first-order valence-corrected chi connectivity index (χ1v) is 7.46. The number of aromatic nitrogens is 4. The van der Waals surface area contributed by atoms with Crippen molar-refractivity contribution in [1.82, 2.24) is 30.6 Å². The second-order valence-electron chi connectivity index (χ2n) is 5.55. The summed E-state index contributed by atoms with van der Waals surface area (Å²) in [5.41, 5.74) is 1.94. The number of carbonyl (C=O) groups excluding carboxylic acids is 1. The summed E-state index contributed by atoms with van der Waals surface area (Å²) in [4.78, 5) is 16.1. The summed E-state index contributed by atoms with van der Waals surface area (Å²) in [5, 5.41) is 13.9. The molecule has 2 amide bonds. The van der Waals surface area contributed by atoms with E-state index in [0.717, 1.165) is 35.7 Å². The lowest BCUT2D eigenvalue weighted by atomic mass is 10.1. The first-order chi connectivity index (χ1) is 10.6. The normalized spacial score (nSPS) is 17.1. The van der Waals surface area contributed by atoms with Crippen LogP contribution in [0.1, 0.15) is 29.3 Å². The zero-order chi connectivity index (χ0) is 15.5. The smallest absolute Gasteiger partial charge is 0.315 e. The fraction of sp³-hybridized carbons (Fsp3) is 0.571. The van der Waals surface area contributed by atoms with E-state index in [1.807, 2.05) is 18.5 Å². The molecule has 118 valence electrons. The summed E-state index contributed by atoms with van der Waals surface area (Å²) in [6, 6.07) is -0.0615. The van der Waals surface area contributed by atoms with Crippen molar-refractivity contribution in [3.63, 3.8) is 0 Å². The molecule has 2 N–H and O–H groups in total. The molecule has 3 rings (SSSR count). The van der Waals surface area contributed by atoms with Crippen molar-refractivity contribution in [1.29, 1.82) is 0 Å². The maximum atomic E-state index is 12.0. The highest BCUT2D eigenvalue weighted by Gasteiger charge is 2.21. The van der Waals surface area contributed by atoms with Crippen LogP contribution in [-0.2, 0) is 19.4 Å². The van der Waals surface area contributed by atoms with Gasteiger partial charge in [-0.25, -0.2) is 14.5 Å². The summed E-state index contributed by atoms with van der Waals surface area (Å²) in [5.74, 6) is 1.79. The van der Waals surface area contributed by atoms with Gasteiger partial charge in [0.2, 0.25) is 0 Å². The minimum absolute atomic E-state index is 0.0910. The first-order valence-electron chi connectivity index (χ1n) is 7.46. The minimum atomic E-state index is -0.152. The Bertz CT molecular complexity index is 643. The molecule has 1 atom stereocenters. The standard InChI is InChI=1S/C14H20N6O2/c1-9-12(10(2)22-19-9)5-6-15-14(21)18-11-3-4-13-16-8-17-20(13)7-11/h8,11H,3-7H2,1-2H3,(H2,15,18,21). The molecule has 0 fully saturated rings. The average molecular weight is 304 g/mol. The molecule has 22 heavy (non-hydrogen) atoms. The maximum Gasteiger partial charge on any atom is 0.315 e. The fourth-order valence-electron chi connectivity index (χ4n) is 2.75. The lowest BCUT2D eigenvalue weighted by Crippen LogP contribution is -2.46. The van der Waals surface area contributed by atoms with E-state index in [-0.39, 0.29) is 12.1 Å². The Kier molecular flexibility index (Phi) is 4.08. The molecule has 0 bridgehead atoms. The molecule has 8 nitrogen and oxygen atoms in total. The van der Waals surface area contributed by atoms with Crippen molar-refractivity contribution < 1.29 is 9.32 Å². The Hall–Kier alpha value is -2.38. The molecule has 0 saturated carbocycles. The van der Waals surface area contributed by atoms with Crippen molar-refractivity contribution in [2.24, 2.45) is 0 Å². The SMILES string of the molecule is Cc1noc(C)c1CCNC(=O)NC1CCc2ncnn2C1. The van der Waals surface area contributed by atoms with Crippen LogP contribution in [0.3, 0.4) is 0 Å². The van der Waals surface area contributed by atoms with Gasteiger partial charge in [-0.3, -0.25) is 0 Å². The number of amides is 2. The van der Waals surface area contributed by atoms with Gasteiger partial charge in [0.25, 0.3) is 0 Å². The number of hydrogen-bond acceptors (Lipinski definition) is 5. The van der Waals surface area contributed by atoms with Crippen LogP contribution in [-0.4, -0.2) is 38.5 Å². The minimum Gasteiger partial charge on any atom is -0.361 e. The van der Waals surface area contributed by atoms with Crippen molar-refractivity contribution in [3.05, 3.63) is 29.2 Å². The second kappa shape index (κ2) is 6.17. The van der Waals surface area contributed by atoms with Gasteiger partial charge < -0.3 is 15.2 Å². The van der Waals surface area contributed by atoms with Crippen molar-refractivity contribution in [3.8, 4) is 0 Å². The summed E-state index contributed by atoms with van der Waals surface area (Å²) in [6.45, 7) is 5.01. The van der Waals surface area contributed by atoms with Crippen LogP contribution in [0.5, 0.6) is 0 Å². The predicted molar refractivity (Wildman–Crippen MR) is 78.3 cm³/mol. The van der Waals surface area contributed by atoms with Gasteiger partial charge in [0.05, 0.1) is 18.3 Å². The third kappa shape index (κ3) is 3.10. The number of nitrogens with zero attached hydrogens (tertiary/aromatic N) is 4. The number of fused-ring (bicyclic) bond motifs is 1. The lowest BCUT2D eigenvalue weighted by molar-refractivity contribution is 0.232. The lowest BCUT2D eigenvalue weighted by Gasteiger charge is -2.23. The van der Waals surface area contributed by atoms with Gasteiger partial charge in [0, 0.05) is 18.5 Å². The quantitative estimate of drug-likeness (QED) is 0.868. The number of nitrogens with one attached hydrogen (secondary N) is 2. The summed E-state index contributed by atoms with van der Waals surface area (Å²) in [6.07, 6.45) is 3.99. The molecule has 0 aliphatic carbocycles. The summed E-state index contributed by atoms with van der Waals surface area (Å²) < 4.78 is 6.95. The Balaban J connectivity index is 1.44. The summed E-state index contributed by atoms with van der Waals surface area (Å²) in [7, 11) is 0. The van der Waals surface area contributed by atoms with E-state index in [2.05, 4.69) is 25.9 Å². The van der Waals surface area contributed by atoms with Gasteiger partial charge in [0.1, 0.15) is 17.9 Å². The molecule has 2 aromatic rings. The topological polar surface area (TPSA) is 97.9 Å². The van der Waals surface area contributed by atoms with Gasteiger partial charge in [-0.2, -0.15) is 5.10 Å². The van der Waals surface area contributed by atoms with Crippen molar-refractivity contribution in [2.75, 3.05) is 6.54 Å². The van der Waals surface area contributed by atoms with E-state index in [9.17, 15) is 4.79 Å². The monoisotopic (exact) mass is 304 g/mol. The fourth-order valence-corrected chi connectivity index (χ4v) is 2.75. The van der Waals surface area contributed by atoms with E-state index in [0.29, 0.717) is 19.5 Å². The molecule has 3 heterocycles. The molecule has 1 aliphatic rings. The van der Waals surface area contributed by atoms with Crippen molar-refractivity contribution in [2.45, 2.75) is 45.7 Å². The highest BCUT2D eigenvalue weighted by Crippen LogP contribution is 2.12. The van der Waals surface area contributed by atoms with Crippen molar-refractivity contribution >= 4 is 6.03 Å². The molecule has 2 aromatic heterocycles. The van der Waals surface area contributed by atoms with E-state index in [4.69, 9.17) is 4.52 Å². The van der Waals surface area contributed by atoms with Crippen LogP contribution in [0, 0.1) is 13.8 Å². The zero-order valence-corrected chi connectivity index (χ0v) is 12.8. The van der Waals surface area contributed by atoms with Crippen LogP contribution in [0.15, 0.2) is 10.9 Å². The summed E-state index contributed by atoms with van der Waals surface area (Å²) >= 11 is 0. The van der Waals surface area contributed by atoms with Gasteiger partial charge in [-0.05, 0) is 26.7 Å². The Morgan fingerprint density at radius 2 is 2.36 bits per heavy atom. The van der Waals surface area contributed by atoms with E-state index < -0.39 is 0 Å². The molecule has 0 saturated heterocycles. The third-order valence-corrected chi connectivity index (χ3v) is 3.98. The van der Waals surface area contributed by atoms with Crippen LogP contribution in [0.2, 0.25) is 0 Å². The van der Waals surface area contributed by atoms with Gasteiger partial charge in [-0.1, -0.05) is 5.16 Å². The third-order valence-electron chi connectivity index (χ3n) is 3.98. The zero-order valence-electron chi connectivity index (χ0n) is 12.8. The molecule has 0 spiro atoms. The number of rotatable bonds is 4. The molecular formula is C14H20N6O2. The molecule has 0 aromatic carbocycles. The Labute approximate surface area is 128 Å². The highest BCUT2D eigenvalue weighted by molar-refractivity contribution is 5.74. The Morgan fingerprint density at radius 3 is 3.14 bits per heavy atom. The van der Waals surface area contributed by atoms with E-state index in [1.165, 1.54) is 0 Å². The number of urea groups is 1. The first kappa shape index (κ1) is 14.6. The Morgan fingerprint density at radius 1 is 1.50 bits per heavy atom. The number of carbonyl (C=O) groups is 1. The van der Waals surface area contributed by atoms with Crippen LogP contribution < -0.4 is 10.6 Å². The number of hydrogen-bond donors (Lipinski definition) is 2. The van der Waals surface area contributed by atoms with Crippen LogP contribution in [0.4, 0.5) is 4.79 Å². The van der Waals surface area contributed by atoms with E-state index >= 15 is 0 Å². The molecular weight excluding hydrogens is 284 g/mol. The average Bonchev–Trinajstić information content (AvgIpc) is 3.07. The van der Waals surface area contributed by atoms with Gasteiger partial charge >= 0.3 is 6.03 Å². The maximum absolute atomic E-state index is 12.0. The highest BCUT2D eigenvalue weighted by atomic mass is 16.5. The predicted octanol–water partition coefficient (Wildman–Crippen LogP) is 0.740. The second-order valence-corrected chi connectivity index (χ2v) is 5.55. The van der Waals surface area contributed by atoms with Gasteiger partial charge in [0.15, 0.2) is 0 Å².